The summed E-state index contributed by atoms with van der Waals surface area (Å²) in [6.07, 6.45) is 0. The SMILES string of the molecule is Cc1nc(C)c(C#N)c(SC(C)C(=O)NCC(C)C)n1. The first-order chi connectivity index (χ1) is 9.35. The van der Waals surface area contributed by atoms with Crippen LogP contribution < -0.4 is 5.32 Å². The minimum absolute atomic E-state index is 0.0403. The highest BCUT2D eigenvalue weighted by atomic mass is 32.2. The van der Waals surface area contributed by atoms with Crippen LogP contribution in [-0.2, 0) is 4.79 Å². The second kappa shape index (κ2) is 7.25. The fourth-order valence-electron chi connectivity index (χ4n) is 1.56. The summed E-state index contributed by atoms with van der Waals surface area (Å²) in [4.78, 5) is 20.4. The van der Waals surface area contributed by atoms with Gasteiger partial charge in [0, 0.05) is 6.54 Å². The molecule has 1 unspecified atom stereocenters. The smallest absolute Gasteiger partial charge is 0.233 e. The number of carbonyl (C=O) groups is 1. The summed E-state index contributed by atoms with van der Waals surface area (Å²) >= 11 is 1.30. The second-order valence-corrected chi connectivity index (χ2v) is 6.38. The van der Waals surface area contributed by atoms with Crippen LogP contribution in [0.25, 0.3) is 0 Å². The molecule has 1 N–H and O–H groups in total. The van der Waals surface area contributed by atoms with E-state index in [0.717, 1.165) is 0 Å². The van der Waals surface area contributed by atoms with Crippen molar-refractivity contribution in [3.8, 4) is 6.07 Å². The number of aryl methyl sites for hydroxylation is 2. The van der Waals surface area contributed by atoms with Crippen LogP contribution in [0.5, 0.6) is 0 Å². The number of nitrogens with zero attached hydrogens (tertiary/aromatic N) is 3. The maximum Gasteiger partial charge on any atom is 0.233 e. The zero-order valence-electron chi connectivity index (χ0n) is 12.5. The molecule has 0 aliphatic carbocycles. The van der Waals surface area contributed by atoms with E-state index < -0.39 is 0 Å². The molecule has 20 heavy (non-hydrogen) atoms. The number of carbonyl (C=O) groups excluding carboxylic acids is 1. The van der Waals surface area contributed by atoms with Gasteiger partial charge in [-0.3, -0.25) is 4.79 Å². The van der Waals surface area contributed by atoms with Gasteiger partial charge in [0.15, 0.2) is 0 Å². The van der Waals surface area contributed by atoms with Gasteiger partial charge in [-0.1, -0.05) is 25.6 Å². The summed E-state index contributed by atoms with van der Waals surface area (Å²) in [5.74, 6) is 0.981. The molecule has 0 bridgehead atoms. The van der Waals surface area contributed by atoms with Crippen molar-refractivity contribution in [1.29, 1.82) is 5.26 Å². The van der Waals surface area contributed by atoms with Crippen LogP contribution in [0.2, 0.25) is 0 Å². The van der Waals surface area contributed by atoms with Gasteiger partial charge in [0.05, 0.1) is 10.9 Å². The normalized spacial score (nSPS) is 12.1. The van der Waals surface area contributed by atoms with E-state index in [-0.39, 0.29) is 11.2 Å². The summed E-state index contributed by atoms with van der Waals surface area (Å²) in [5, 5.41) is 12.3. The van der Waals surface area contributed by atoms with Crippen LogP contribution in [0.1, 0.15) is 37.9 Å². The monoisotopic (exact) mass is 292 g/mol. The van der Waals surface area contributed by atoms with E-state index in [9.17, 15) is 10.1 Å². The van der Waals surface area contributed by atoms with Crippen LogP contribution in [0.15, 0.2) is 5.03 Å². The van der Waals surface area contributed by atoms with Gasteiger partial charge in [0.2, 0.25) is 5.91 Å². The minimum atomic E-state index is -0.297. The van der Waals surface area contributed by atoms with Gasteiger partial charge in [0.1, 0.15) is 22.5 Å². The number of nitrogens with one attached hydrogen (secondary N) is 1. The Morgan fingerprint density at radius 3 is 2.55 bits per heavy atom. The zero-order valence-corrected chi connectivity index (χ0v) is 13.3. The topological polar surface area (TPSA) is 78.7 Å². The Bertz CT molecular complexity index is 537. The van der Waals surface area contributed by atoms with Crippen LogP contribution >= 0.6 is 11.8 Å². The molecule has 108 valence electrons. The first kappa shape index (κ1) is 16.4. The first-order valence-electron chi connectivity index (χ1n) is 6.54. The van der Waals surface area contributed by atoms with Gasteiger partial charge in [-0.25, -0.2) is 9.97 Å². The Morgan fingerprint density at radius 1 is 1.35 bits per heavy atom. The average Bonchev–Trinajstić information content (AvgIpc) is 2.35. The lowest BCUT2D eigenvalue weighted by atomic mass is 10.2. The number of amides is 1. The predicted molar refractivity (Wildman–Crippen MR) is 79.4 cm³/mol. The van der Waals surface area contributed by atoms with E-state index in [1.54, 1.807) is 13.8 Å². The number of hydrogen-bond acceptors (Lipinski definition) is 5. The second-order valence-electron chi connectivity index (χ2n) is 5.05. The summed E-state index contributed by atoms with van der Waals surface area (Å²) in [6, 6.07) is 2.11. The van der Waals surface area contributed by atoms with Crippen molar-refractivity contribution in [2.24, 2.45) is 5.92 Å². The van der Waals surface area contributed by atoms with Gasteiger partial charge in [-0.15, -0.1) is 0 Å². The van der Waals surface area contributed by atoms with Gasteiger partial charge >= 0.3 is 0 Å². The zero-order chi connectivity index (χ0) is 15.3. The molecule has 6 heteroatoms. The molecule has 1 rings (SSSR count). The number of aromatic nitrogens is 2. The van der Waals surface area contributed by atoms with Crippen molar-refractivity contribution < 1.29 is 4.79 Å². The molecule has 1 heterocycles. The predicted octanol–water partition coefficient (Wildman–Crippen LogP) is 2.22. The molecule has 0 radical (unpaired) electrons. The third-order valence-electron chi connectivity index (χ3n) is 2.62. The Morgan fingerprint density at radius 2 is 2.00 bits per heavy atom. The van der Waals surface area contributed by atoms with E-state index in [0.29, 0.717) is 34.6 Å². The molecule has 0 aromatic carbocycles. The molecular weight excluding hydrogens is 272 g/mol. The fraction of sp³-hybridized carbons (Fsp3) is 0.571. The van der Waals surface area contributed by atoms with Crippen molar-refractivity contribution in [3.63, 3.8) is 0 Å². The molecule has 0 aliphatic rings. The largest absolute Gasteiger partial charge is 0.355 e. The Labute approximate surface area is 124 Å². The van der Waals surface area contributed by atoms with E-state index in [4.69, 9.17) is 0 Å². The highest BCUT2D eigenvalue weighted by Crippen LogP contribution is 2.26. The Kier molecular flexibility index (Phi) is 5.96. The van der Waals surface area contributed by atoms with Crippen molar-refractivity contribution in [2.75, 3.05) is 6.54 Å². The molecule has 0 saturated carbocycles. The molecule has 1 atom stereocenters. The third kappa shape index (κ3) is 4.49. The average molecular weight is 292 g/mol. The molecule has 1 amide bonds. The van der Waals surface area contributed by atoms with E-state index in [1.807, 2.05) is 20.8 Å². The summed E-state index contributed by atoms with van der Waals surface area (Å²) in [6.45, 7) is 10.1. The maximum atomic E-state index is 12.0. The molecule has 0 fully saturated rings. The lowest BCUT2D eigenvalue weighted by molar-refractivity contribution is -0.120. The molecule has 5 nitrogen and oxygen atoms in total. The number of hydrogen-bond donors (Lipinski definition) is 1. The number of rotatable bonds is 5. The van der Waals surface area contributed by atoms with Crippen molar-refractivity contribution in [2.45, 2.75) is 44.9 Å². The first-order valence-corrected chi connectivity index (χ1v) is 7.42. The summed E-state index contributed by atoms with van der Waals surface area (Å²) in [7, 11) is 0. The number of thioether (sulfide) groups is 1. The number of nitriles is 1. The molecule has 1 aromatic heterocycles. The standard InChI is InChI=1S/C14H20N4OS/c1-8(2)7-16-13(19)10(4)20-14-12(6-15)9(3)17-11(5)18-14/h8,10H,7H2,1-5H3,(H,16,19). The Balaban J connectivity index is 2.83. The quantitative estimate of drug-likeness (QED) is 0.665. The summed E-state index contributed by atoms with van der Waals surface area (Å²) in [5.41, 5.74) is 1.10. The minimum Gasteiger partial charge on any atom is -0.355 e. The van der Waals surface area contributed by atoms with Crippen LogP contribution in [-0.4, -0.2) is 27.7 Å². The highest BCUT2D eigenvalue weighted by molar-refractivity contribution is 8.00. The van der Waals surface area contributed by atoms with E-state index in [1.165, 1.54) is 11.8 Å². The van der Waals surface area contributed by atoms with Crippen LogP contribution in [0.4, 0.5) is 0 Å². The third-order valence-corrected chi connectivity index (χ3v) is 3.71. The highest BCUT2D eigenvalue weighted by Gasteiger charge is 2.19. The van der Waals surface area contributed by atoms with Crippen LogP contribution in [0, 0.1) is 31.1 Å². The maximum absolute atomic E-state index is 12.0. The molecule has 0 saturated heterocycles. The lowest BCUT2D eigenvalue weighted by Crippen LogP contribution is -2.33. The Hall–Kier alpha value is -1.61. The van der Waals surface area contributed by atoms with Gasteiger partial charge in [-0.05, 0) is 26.7 Å². The van der Waals surface area contributed by atoms with Gasteiger partial charge in [0.25, 0.3) is 0 Å². The van der Waals surface area contributed by atoms with Crippen LogP contribution in [0.3, 0.4) is 0 Å². The molecule has 0 aliphatic heterocycles. The van der Waals surface area contributed by atoms with Crippen molar-refractivity contribution >= 4 is 17.7 Å². The molecule has 0 spiro atoms. The fourth-order valence-corrected chi connectivity index (χ4v) is 2.59. The lowest BCUT2D eigenvalue weighted by Gasteiger charge is -2.14. The summed E-state index contributed by atoms with van der Waals surface area (Å²) < 4.78 is 0. The van der Waals surface area contributed by atoms with Gasteiger partial charge in [-0.2, -0.15) is 5.26 Å². The van der Waals surface area contributed by atoms with Crippen molar-refractivity contribution in [1.82, 2.24) is 15.3 Å². The van der Waals surface area contributed by atoms with Gasteiger partial charge < -0.3 is 5.32 Å². The van der Waals surface area contributed by atoms with E-state index in [2.05, 4.69) is 21.4 Å². The van der Waals surface area contributed by atoms with Crippen molar-refractivity contribution in [3.05, 3.63) is 17.1 Å². The van der Waals surface area contributed by atoms with E-state index >= 15 is 0 Å². The molecule has 1 aromatic rings. The molecular formula is C14H20N4OS.